The lowest BCUT2D eigenvalue weighted by atomic mass is 10.1. The van der Waals surface area contributed by atoms with Crippen molar-refractivity contribution in [3.05, 3.63) is 57.8 Å². The summed E-state index contributed by atoms with van der Waals surface area (Å²) in [4.78, 5) is 13.4. The summed E-state index contributed by atoms with van der Waals surface area (Å²) in [5.41, 5.74) is 9.75. The Kier molecular flexibility index (Phi) is 3.83. The zero-order chi connectivity index (χ0) is 14.8. The van der Waals surface area contributed by atoms with E-state index in [2.05, 4.69) is 37.5 Å². The minimum atomic E-state index is 0.475. The molecule has 3 rings (SSSR count). The van der Waals surface area contributed by atoms with Gasteiger partial charge in [0.05, 0.1) is 9.26 Å². The number of nitrogen functional groups attached to an aromatic ring is 1. The third-order valence-electron chi connectivity index (χ3n) is 3.07. The first kappa shape index (κ1) is 13.9. The molecule has 0 atom stereocenters. The van der Waals surface area contributed by atoms with Crippen LogP contribution >= 0.6 is 22.6 Å². The molecule has 2 aromatic heterocycles. The van der Waals surface area contributed by atoms with Crippen LogP contribution in [0.25, 0.3) is 22.8 Å². The molecule has 21 heavy (non-hydrogen) atoms. The van der Waals surface area contributed by atoms with Crippen LogP contribution in [-0.2, 0) is 0 Å². The summed E-state index contributed by atoms with van der Waals surface area (Å²) in [5.74, 6) is 1.03. The molecule has 5 heteroatoms. The van der Waals surface area contributed by atoms with E-state index in [1.54, 1.807) is 6.20 Å². The van der Waals surface area contributed by atoms with E-state index in [4.69, 9.17) is 5.73 Å². The molecule has 0 aliphatic rings. The smallest absolute Gasteiger partial charge is 0.180 e. The van der Waals surface area contributed by atoms with Gasteiger partial charge in [-0.25, -0.2) is 9.97 Å². The predicted octanol–water partition coefficient (Wildman–Crippen LogP) is 3.70. The Bertz CT molecular complexity index is 788. The van der Waals surface area contributed by atoms with Crippen LogP contribution in [0.15, 0.2) is 48.7 Å². The minimum Gasteiger partial charge on any atom is -0.383 e. The van der Waals surface area contributed by atoms with Crippen molar-refractivity contribution in [2.75, 3.05) is 5.73 Å². The molecule has 0 aliphatic carbocycles. The van der Waals surface area contributed by atoms with Crippen LogP contribution < -0.4 is 5.73 Å². The molecule has 3 aromatic rings. The normalized spacial score (nSPS) is 10.6. The van der Waals surface area contributed by atoms with Crippen LogP contribution in [0.4, 0.5) is 5.82 Å². The number of benzene rings is 1. The number of hydrogen-bond acceptors (Lipinski definition) is 4. The summed E-state index contributed by atoms with van der Waals surface area (Å²) in [5, 5.41) is 0. The zero-order valence-electron chi connectivity index (χ0n) is 11.4. The number of nitrogens with two attached hydrogens (primary N) is 1. The number of pyridine rings is 1. The highest BCUT2D eigenvalue weighted by Crippen LogP contribution is 2.28. The molecule has 0 fully saturated rings. The molecule has 0 spiro atoms. The first-order chi connectivity index (χ1) is 10.1. The van der Waals surface area contributed by atoms with E-state index in [9.17, 15) is 0 Å². The quantitative estimate of drug-likeness (QED) is 0.680. The van der Waals surface area contributed by atoms with Crippen LogP contribution in [0.2, 0.25) is 0 Å². The highest BCUT2D eigenvalue weighted by Gasteiger charge is 2.13. The lowest BCUT2D eigenvalue weighted by molar-refractivity contribution is 1.13. The second-order valence-electron chi connectivity index (χ2n) is 4.68. The van der Waals surface area contributed by atoms with E-state index in [-0.39, 0.29) is 0 Å². The maximum Gasteiger partial charge on any atom is 0.180 e. The van der Waals surface area contributed by atoms with E-state index >= 15 is 0 Å². The van der Waals surface area contributed by atoms with Gasteiger partial charge in [-0.1, -0.05) is 30.3 Å². The highest BCUT2D eigenvalue weighted by molar-refractivity contribution is 14.1. The summed E-state index contributed by atoms with van der Waals surface area (Å²) in [6, 6.07) is 13.9. The summed E-state index contributed by atoms with van der Waals surface area (Å²) in [7, 11) is 0. The number of anilines is 1. The predicted molar refractivity (Wildman–Crippen MR) is 92.6 cm³/mol. The molecule has 0 radical (unpaired) electrons. The molecule has 0 bridgehead atoms. The van der Waals surface area contributed by atoms with Crippen LogP contribution in [0.5, 0.6) is 0 Å². The monoisotopic (exact) mass is 388 g/mol. The van der Waals surface area contributed by atoms with Gasteiger partial charge >= 0.3 is 0 Å². The van der Waals surface area contributed by atoms with E-state index < -0.39 is 0 Å². The third kappa shape index (κ3) is 2.87. The van der Waals surface area contributed by atoms with E-state index in [1.807, 2.05) is 49.4 Å². The van der Waals surface area contributed by atoms with Crippen molar-refractivity contribution in [2.45, 2.75) is 6.92 Å². The van der Waals surface area contributed by atoms with Crippen molar-refractivity contribution in [1.29, 1.82) is 0 Å². The van der Waals surface area contributed by atoms with Gasteiger partial charge in [0, 0.05) is 11.8 Å². The summed E-state index contributed by atoms with van der Waals surface area (Å²) >= 11 is 2.18. The van der Waals surface area contributed by atoms with Gasteiger partial charge in [-0.3, -0.25) is 4.98 Å². The van der Waals surface area contributed by atoms with Crippen molar-refractivity contribution < 1.29 is 0 Å². The highest BCUT2D eigenvalue weighted by atomic mass is 127. The fraction of sp³-hybridized carbons (Fsp3) is 0.0625. The Morgan fingerprint density at radius 3 is 2.52 bits per heavy atom. The Hall–Kier alpha value is -2.02. The van der Waals surface area contributed by atoms with Crippen LogP contribution in [0.3, 0.4) is 0 Å². The van der Waals surface area contributed by atoms with Crippen molar-refractivity contribution in [3.63, 3.8) is 0 Å². The molecule has 0 saturated carbocycles. The summed E-state index contributed by atoms with van der Waals surface area (Å²) in [6.07, 6.45) is 1.75. The number of hydrogen-bond donors (Lipinski definition) is 1. The summed E-state index contributed by atoms with van der Waals surface area (Å²) < 4.78 is 0.857. The Morgan fingerprint density at radius 2 is 1.81 bits per heavy atom. The van der Waals surface area contributed by atoms with Crippen LogP contribution in [-0.4, -0.2) is 15.0 Å². The van der Waals surface area contributed by atoms with Gasteiger partial charge in [-0.05, 0) is 47.2 Å². The van der Waals surface area contributed by atoms with Gasteiger partial charge in [0.15, 0.2) is 5.82 Å². The molecule has 0 unspecified atom stereocenters. The molecule has 2 N–H and O–H groups in total. The molecule has 1 aromatic carbocycles. The molecular weight excluding hydrogens is 375 g/mol. The Balaban J connectivity index is 2.19. The van der Waals surface area contributed by atoms with E-state index in [1.165, 1.54) is 0 Å². The van der Waals surface area contributed by atoms with Gasteiger partial charge in [-0.15, -0.1) is 0 Å². The fourth-order valence-electron chi connectivity index (χ4n) is 2.02. The van der Waals surface area contributed by atoms with Gasteiger partial charge in [0.2, 0.25) is 0 Å². The number of halogens is 1. The fourth-order valence-corrected chi connectivity index (χ4v) is 2.58. The second kappa shape index (κ2) is 5.77. The van der Waals surface area contributed by atoms with Crippen molar-refractivity contribution >= 4 is 28.4 Å². The standard InChI is InChI=1S/C16H13IN4/c1-10-7-8-19-12(9-10)16-20-14(13(17)15(18)21-16)11-5-3-2-4-6-11/h2-9H,1H3,(H2,18,20,21). The molecule has 0 aliphatic heterocycles. The maximum atomic E-state index is 6.05. The lowest BCUT2D eigenvalue weighted by Gasteiger charge is -2.09. The van der Waals surface area contributed by atoms with E-state index in [0.717, 1.165) is 26.1 Å². The first-order valence-electron chi connectivity index (χ1n) is 6.46. The molecule has 104 valence electrons. The molecule has 2 heterocycles. The number of aryl methyl sites for hydroxylation is 1. The Labute approximate surface area is 136 Å². The van der Waals surface area contributed by atoms with E-state index in [0.29, 0.717) is 11.6 Å². The number of rotatable bonds is 2. The SMILES string of the molecule is Cc1ccnc(-c2nc(N)c(I)c(-c3ccccc3)n2)c1. The zero-order valence-corrected chi connectivity index (χ0v) is 13.6. The van der Waals surface area contributed by atoms with Gasteiger partial charge < -0.3 is 5.73 Å². The average molecular weight is 388 g/mol. The average Bonchev–Trinajstić information content (AvgIpc) is 2.51. The maximum absolute atomic E-state index is 6.05. The minimum absolute atomic E-state index is 0.475. The van der Waals surface area contributed by atoms with Crippen LogP contribution in [0.1, 0.15) is 5.56 Å². The number of nitrogens with zero attached hydrogens (tertiary/aromatic N) is 3. The van der Waals surface area contributed by atoms with Gasteiger partial charge in [-0.2, -0.15) is 0 Å². The molecule has 0 saturated heterocycles. The van der Waals surface area contributed by atoms with Crippen molar-refractivity contribution in [2.24, 2.45) is 0 Å². The van der Waals surface area contributed by atoms with Crippen LogP contribution in [0, 0.1) is 10.5 Å². The molecule has 4 nitrogen and oxygen atoms in total. The third-order valence-corrected chi connectivity index (χ3v) is 4.13. The largest absolute Gasteiger partial charge is 0.383 e. The molecule has 0 amide bonds. The van der Waals surface area contributed by atoms with Crippen molar-refractivity contribution in [3.8, 4) is 22.8 Å². The first-order valence-corrected chi connectivity index (χ1v) is 7.54. The molecular formula is C16H13IN4. The summed E-state index contributed by atoms with van der Waals surface area (Å²) in [6.45, 7) is 2.01. The number of aromatic nitrogens is 3. The van der Waals surface area contributed by atoms with Gasteiger partial charge in [0.1, 0.15) is 11.5 Å². The van der Waals surface area contributed by atoms with Crippen molar-refractivity contribution in [1.82, 2.24) is 15.0 Å². The second-order valence-corrected chi connectivity index (χ2v) is 5.76. The van der Waals surface area contributed by atoms with Gasteiger partial charge in [0.25, 0.3) is 0 Å². The lowest BCUT2D eigenvalue weighted by Crippen LogP contribution is -2.03. The topological polar surface area (TPSA) is 64.7 Å². The Morgan fingerprint density at radius 1 is 1.05 bits per heavy atom.